The van der Waals surface area contributed by atoms with E-state index in [1.54, 1.807) is 6.07 Å². The van der Waals surface area contributed by atoms with Gasteiger partial charge in [0.25, 0.3) is 0 Å². The molecule has 206 valence electrons. The van der Waals surface area contributed by atoms with E-state index in [-0.39, 0.29) is 28.9 Å². The second-order valence-electron chi connectivity index (χ2n) is 13.1. The van der Waals surface area contributed by atoms with E-state index >= 15 is 4.39 Å². The number of amides is 1. The molecular weight excluding hydrogens is 465 g/mol. The molecule has 1 amide bonds. The lowest BCUT2D eigenvalue weighted by Crippen LogP contribution is -2.51. The Morgan fingerprint density at radius 2 is 1.92 bits per heavy atom. The summed E-state index contributed by atoms with van der Waals surface area (Å²) in [6.07, 6.45) is 11.7. The number of phenolic OH excluding ortho intramolecular Hbond substituents is 1. The minimum Gasteiger partial charge on any atom is -0.508 e. The Morgan fingerprint density at radius 1 is 1.14 bits per heavy atom. The van der Waals surface area contributed by atoms with E-state index in [1.165, 1.54) is 32.1 Å². The van der Waals surface area contributed by atoms with Crippen molar-refractivity contribution in [3.63, 3.8) is 0 Å². The summed E-state index contributed by atoms with van der Waals surface area (Å²) < 4.78 is 16.0. The summed E-state index contributed by atoms with van der Waals surface area (Å²) in [6.45, 7) is 5.83. The Kier molecular flexibility index (Phi) is 8.19. The van der Waals surface area contributed by atoms with E-state index in [9.17, 15) is 15.0 Å². The number of carbonyl (C=O) groups is 1. The Bertz CT molecular complexity index is 946. The van der Waals surface area contributed by atoms with Crippen LogP contribution in [0, 0.1) is 29.1 Å². The van der Waals surface area contributed by atoms with Gasteiger partial charge in [-0.3, -0.25) is 4.79 Å². The molecule has 0 bridgehead atoms. The van der Waals surface area contributed by atoms with Gasteiger partial charge in [0, 0.05) is 25.4 Å². The van der Waals surface area contributed by atoms with Crippen LogP contribution in [0.25, 0.3) is 0 Å². The molecule has 0 radical (unpaired) electrons. The van der Waals surface area contributed by atoms with Gasteiger partial charge in [0.2, 0.25) is 5.91 Å². The fraction of sp³-hybridized carbons (Fsp3) is 0.781. The van der Waals surface area contributed by atoms with E-state index < -0.39 is 12.3 Å². The van der Waals surface area contributed by atoms with Crippen molar-refractivity contribution in [2.75, 3.05) is 13.1 Å². The van der Waals surface area contributed by atoms with Crippen LogP contribution in [0.15, 0.2) is 18.2 Å². The molecule has 0 saturated heterocycles. The third kappa shape index (κ3) is 5.31. The minimum absolute atomic E-state index is 0.137. The van der Waals surface area contributed by atoms with Crippen LogP contribution in [-0.2, 0) is 11.2 Å². The number of hydrogen-bond acceptors (Lipinski definition) is 3. The SMILES string of the molecule is CCC(=O)N(CCCC[C@@H]1Cc2cc(O)ccc2C2C1C1CC[C@H](O)[C@@]1(C)C[C@@H]2F)CC1CCCCC1. The number of phenols is 1. The Hall–Kier alpha value is -1.62. The van der Waals surface area contributed by atoms with Gasteiger partial charge >= 0.3 is 0 Å². The normalized spacial score (nSPS) is 35.5. The number of fused-ring (bicyclic) bond motifs is 5. The van der Waals surface area contributed by atoms with Crippen molar-refractivity contribution < 1.29 is 19.4 Å². The van der Waals surface area contributed by atoms with Crippen LogP contribution in [0.1, 0.15) is 108 Å². The molecule has 37 heavy (non-hydrogen) atoms. The molecule has 3 saturated carbocycles. The molecule has 5 heteroatoms. The highest BCUT2D eigenvalue weighted by Gasteiger charge is 2.59. The van der Waals surface area contributed by atoms with Crippen LogP contribution < -0.4 is 0 Å². The summed E-state index contributed by atoms with van der Waals surface area (Å²) in [7, 11) is 0. The maximum absolute atomic E-state index is 16.0. The van der Waals surface area contributed by atoms with Crippen molar-refractivity contribution in [3.8, 4) is 5.75 Å². The van der Waals surface area contributed by atoms with Crippen molar-refractivity contribution in [3.05, 3.63) is 29.3 Å². The van der Waals surface area contributed by atoms with Crippen molar-refractivity contribution in [1.29, 1.82) is 0 Å². The predicted molar refractivity (Wildman–Crippen MR) is 145 cm³/mol. The lowest BCUT2D eigenvalue weighted by atomic mass is 9.51. The molecule has 3 fully saturated rings. The van der Waals surface area contributed by atoms with Crippen molar-refractivity contribution >= 4 is 5.91 Å². The van der Waals surface area contributed by atoms with E-state index in [0.717, 1.165) is 62.7 Å². The Morgan fingerprint density at radius 3 is 2.68 bits per heavy atom. The van der Waals surface area contributed by atoms with E-state index in [2.05, 4.69) is 11.8 Å². The molecule has 0 heterocycles. The number of nitrogens with zero attached hydrogens (tertiary/aromatic N) is 1. The van der Waals surface area contributed by atoms with E-state index in [4.69, 9.17) is 0 Å². The Balaban J connectivity index is 1.29. The number of alkyl halides is 1. The van der Waals surface area contributed by atoms with Crippen molar-refractivity contribution in [2.24, 2.45) is 29.1 Å². The maximum atomic E-state index is 16.0. The first kappa shape index (κ1) is 27.0. The molecule has 4 aliphatic carbocycles. The van der Waals surface area contributed by atoms with E-state index in [0.29, 0.717) is 30.6 Å². The largest absolute Gasteiger partial charge is 0.508 e. The molecule has 1 aromatic carbocycles. The molecule has 4 aliphatic rings. The molecule has 7 atom stereocenters. The average Bonchev–Trinajstić information content (AvgIpc) is 3.18. The highest BCUT2D eigenvalue weighted by molar-refractivity contribution is 5.75. The number of aliphatic hydroxyl groups is 1. The van der Waals surface area contributed by atoms with Crippen LogP contribution in [0.4, 0.5) is 4.39 Å². The number of aromatic hydroxyl groups is 1. The molecular formula is C32H48FNO3. The van der Waals surface area contributed by atoms with Crippen LogP contribution in [0.2, 0.25) is 0 Å². The third-order valence-corrected chi connectivity index (χ3v) is 10.9. The molecule has 4 nitrogen and oxygen atoms in total. The number of rotatable bonds is 8. The van der Waals surface area contributed by atoms with Gasteiger partial charge < -0.3 is 15.1 Å². The van der Waals surface area contributed by atoms with Crippen LogP contribution >= 0.6 is 0 Å². The first-order valence-corrected chi connectivity index (χ1v) is 15.2. The van der Waals surface area contributed by atoms with Gasteiger partial charge in [0.1, 0.15) is 11.9 Å². The fourth-order valence-electron chi connectivity index (χ4n) is 8.97. The molecule has 0 spiro atoms. The smallest absolute Gasteiger partial charge is 0.222 e. The van der Waals surface area contributed by atoms with Gasteiger partial charge in [0.05, 0.1) is 6.10 Å². The van der Waals surface area contributed by atoms with Gasteiger partial charge in [-0.05, 0) is 104 Å². The van der Waals surface area contributed by atoms with Gasteiger partial charge in [-0.1, -0.05) is 45.6 Å². The van der Waals surface area contributed by atoms with Gasteiger partial charge in [-0.2, -0.15) is 0 Å². The van der Waals surface area contributed by atoms with Gasteiger partial charge in [-0.15, -0.1) is 0 Å². The highest BCUT2D eigenvalue weighted by atomic mass is 19.1. The Labute approximate surface area is 223 Å². The summed E-state index contributed by atoms with van der Waals surface area (Å²) in [6, 6.07) is 5.53. The quantitative estimate of drug-likeness (QED) is 0.377. The molecule has 5 rings (SSSR count). The zero-order valence-electron chi connectivity index (χ0n) is 23.0. The lowest BCUT2D eigenvalue weighted by Gasteiger charge is -2.54. The molecule has 3 unspecified atom stereocenters. The second kappa shape index (κ2) is 11.2. The highest BCUT2D eigenvalue weighted by Crippen LogP contribution is 2.63. The average molecular weight is 514 g/mol. The molecule has 0 aliphatic heterocycles. The van der Waals surface area contributed by atoms with Gasteiger partial charge in [0.15, 0.2) is 0 Å². The van der Waals surface area contributed by atoms with Crippen molar-refractivity contribution in [1.82, 2.24) is 4.90 Å². The first-order valence-electron chi connectivity index (χ1n) is 15.2. The second-order valence-corrected chi connectivity index (χ2v) is 13.1. The van der Waals surface area contributed by atoms with Gasteiger partial charge in [-0.25, -0.2) is 4.39 Å². The molecule has 2 N–H and O–H groups in total. The monoisotopic (exact) mass is 513 g/mol. The number of carbonyl (C=O) groups excluding carboxylic acids is 1. The first-order chi connectivity index (χ1) is 17.8. The number of halogens is 1. The zero-order chi connectivity index (χ0) is 26.2. The van der Waals surface area contributed by atoms with Crippen LogP contribution in [-0.4, -0.2) is 46.4 Å². The maximum Gasteiger partial charge on any atom is 0.222 e. The number of aliphatic hydroxyl groups excluding tert-OH is 1. The summed E-state index contributed by atoms with van der Waals surface area (Å²) in [5.74, 6) is 1.98. The number of unbranched alkanes of at least 4 members (excludes halogenated alkanes) is 1. The van der Waals surface area contributed by atoms with Crippen LogP contribution in [0.3, 0.4) is 0 Å². The summed E-state index contributed by atoms with van der Waals surface area (Å²) in [5, 5.41) is 21.0. The standard InChI is InChI=1S/C32H48FNO3/c1-3-29(37)34(20-21-9-5-4-6-10-21)16-8-7-11-22-17-23-18-24(35)12-13-25(23)31-27(33)19-32(2)26(30(22)31)14-15-28(32)36/h12-13,18,21-22,26-28,30-31,35-36H,3-11,14-17,19-20H2,1-2H3/t22-,26?,27+,28+,30?,31?,32+/m1/s1. The summed E-state index contributed by atoms with van der Waals surface area (Å²) in [4.78, 5) is 14.8. The summed E-state index contributed by atoms with van der Waals surface area (Å²) >= 11 is 0. The summed E-state index contributed by atoms with van der Waals surface area (Å²) in [5.41, 5.74) is 1.86. The van der Waals surface area contributed by atoms with E-state index in [1.807, 2.05) is 19.1 Å². The fourth-order valence-corrected chi connectivity index (χ4v) is 8.97. The van der Waals surface area contributed by atoms with Crippen molar-refractivity contribution in [2.45, 2.75) is 116 Å². The minimum atomic E-state index is -0.960. The lowest BCUT2D eigenvalue weighted by molar-refractivity contribution is -0.131. The number of hydrogen-bond donors (Lipinski definition) is 2. The molecule has 0 aromatic heterocycles. The third-order valence-electron chi connectivity index (χ3n) is 10.9. The predicted octanol–water partition coefficient (Wildman–Crippen LogP) is 6.77. The topological polar surface area (TPSA) is 60.8 Å². The van der Waals surface area contributed by atoms with Crippen LogP contribution in [0.5, 0.6) is 5.75 Å². The zero-order valence-corrected chi connectivity index (χ0v) is 23.0. The number of benzene rings is 1. The molecule has 1 aromatic rings.